The van der Waals surface area contributed by atoms with Crippen LogP contribution in [0.3, 0.4) is 0 Å². The number of hydrogen-bond donors (Lipinski definition) is 2. The van der Waals surface area contributed by atoms with Gasteiger partial charge in [-0.15, -0.1) is 0 Å². The smallest absolute Gasteiger partial charge is 0.225 e. The van der Waals surface area contributed by atoms with Crippen molar-refractivity contribution in [1.82, 2.24) is 30.2 Å². The van der Waals surface area contributed by atoms with Crippen molar-refractivity contribution in [1.29, 1.82) is 0 Å². The second-order valence-corrected chi connectivity index (χ2v) is 7.20. The Balaban J connectivity index is 1.43. The van der Waals surface area contributed by atoms with Crippen LogP contribution in [-0.4, -0.2) is 38.6 Å². The first kappa shape index (κ1) is 18.4. The van der Waals surface area contributed by atoms with Crippen molar-refractivity contribution < 1.29 is 9.18 Å². The number of amides is 1. The zero-order chi connectivity index (χ0) is 19.7. The Bertz CT molecular complexity index is 977. The molecule has 1 aliphatic rings. The summed E-state index contributed by atoms with van der Waals surface area (Å²) in [4.78, 5) is 12.8. The molecule has 3 aromatic rings. The molecule has 1 amide bonds. The second-order valence-electron chi connectivity index (χ2n) is 7.20. The Morgan fingerprint density at radius 3 is 2.79 bits per heavy atom. The number of halogens is 1. The van der Waals surface area contributed by atoms with Crippen LogP contribution in [-0.2, 0) is 18.4 Å². The molecule has 0 spiro atoms. The summed E-state index contributed by atoms with van der Waals surface area (Å²) in [5.74, 6) is -0.269. The Morgan fingerprint density at radius 1 is 1.29 bits per heavy atom. The van der Waals surface area contributed by atoms with Gasteiger partial charge in [-0.1, -0.05) is 0 Å². The fourth-order valence-electron chi connectivity index (χ4n) is 3.64. The largest absolute Gasteiger partial charge is 0.352 e. The highest BCUT2D eigenvalue weighted by Gasteiger charge is 2.34. The predicted molar refractivity (Wildman–Crippen MR) is 102 cm³/mol. The first-order valence-electron chi connectivity index (χ1n) is 9.29. The first-order chi connectivity index (χ1) is 13.5. The minimum absolute atomic E-state index is 0.0211. The summed E-state index contributed by atoms with van der Waals surface area (Å²) in [6.07, 6.45) is 5.66. The van der Waals surface area contributed by atoms with Crippen LogP contribution in [0.2, 0.25) is 0 Å². The molecule has 1 aromatic carbocycles. The van der Waals surface area contributed by atoms with Gasteiger partial charge in [-0.25, -0.2) is 9.07 Å². The van der Waals surface area contributed by atoms with Crippen LogP contribution in [0.5, 0.6) is 0 Å². The summed E-state index contributed by atoms with van der Waals surface area (Å²) >= 11 is 0. The van der Waals surface area contributed by atoms with Gasteiger partial charge < -0.3 is 10.6 Å². The van der Waals surface area contributed by atoms with E-state index >= 15 is 0 Å². The number of carbonyl (C=O) groups excluding carboxylic acids is 1. The zero-order valence-electron chi connectivity index (χ0n) is 15.9. The maximum Gasteiger partial charge on any atom is 0.225 e. The molecule has 0 unspecified atom stereocenters. The lowest BCUT2D eigenvalue weighted by Gasteiger charge is -2.16. The van der Waals surface area contributed by atoms with Crippen molar-refractivity contribution in [3.63, 3.8) is 0 Å². The number of carbonyl (C=O) groups is 1. The number of aromatic nitrogens is 4. The van der Waals surface area contributed by atoms with Crippen LogP contribution in [0.1, 0.15) is 22.7 Å². The minimum Gasteiger partial charge on any atom is -0.352 e. The second kappa shape index (κ2) is 7.55. The monoisotopic (exact) mass is 382 g/mol. The molecule has 2 aromatic heterocycles. The molecule has 0 radical (unpaired) electrons. The molecular weight excluding hydrogens is 359 g/mol. The van der Waals surface area contributed by atoms with E-state index in [9.17, 15) is 9.18 Å². The van der Waals surface area contributed by atoms with Crippen molar-refractivity contribution in [3.05, 3.63) is 65.5 Å². The minimum atomic E-state index is -0.284. The van der Waals surface area contributed by atoms with E-state index in [0.29, 0.717) is 13.1 Å². The maximum atomic E-state index is 13.1. The lowest BCUT2D eigenvalue weighted by atomic mass is 9.90. The number of nitrogens with one attached hydrogen (secondary N) is 2. The predicted octanol–water partition coefficient (Wildman–Crippen LogP) is 1.67. The highest BCUT2D eigenvalue weighted by molar-refractivity contribution is 5.80. The molecule has 3 heterocycles. The first-order valence-corrected chi connectivity index (χ1v) is 9.29. The van der Waals surface area contributed by atoms with E-state index in [1.165, 1.54) is 12.1 Å². The maximum absolute atomic E-state index is 13.1. The summed E-state index contributed by atoms with van der Waals surface area (Å²) in [6, 6.07) is 6.15. The lowest BCUT2D eigenvalue weighted by Crippen LogP contribution is -2.34. The molecule has 146 valence electrons. The van der Waals surface area contributed by atoms with Gasteiger partial charge in [-0.3, -0.25) is 9.48 Å². The third-order valence-corrected chi connectivity index (χ3v) is 5.25. The Kier molecular flexibility index (Phi) is 4.95. The average molecular weight is 382 g/mol. The molecule has 0 saturated carbocycles. The van der Waals surface area contributed by atoms with Crippen molar-refractivity contribution in [2.24, 2.45) is 13.0 Å². The summed E-state index contributed by atoms with van der Waals surface area (Å²) in [5.41, 5.74) is 3.62. The Morgan fingerprint density at radius 2 is 2.07 bits per heavy atom. The fraction of sp³-hybridized carbons (Fsp3) is 0.350. The number of nitrogens with zero attached hydrogens (tertiary/aromatic N) is 4. The zero-order valence-corrected chi connectivity index (χ0v) is 15.9. The topological polar surface area (TPSA) is 76.8 Å². The molecule has 1 aliphatic heterocycles. The summed E-state index contributed by atoms with van der Waals surface area (Å²) < 4.78 is 16.6. The summed E-state index contributed by atoms with van der Waals surface area (Å²) in [6.45, 7) is 3.73. The van der Waals surface area contributed by atoms with E-state index in [1.807, 2.05) is 32.6 Å². The van der Waals surface area contributed by atoms with E-state index in [-0.39, 0.29) is 23.6 Å². The summed E-state index contributed by atoms with van der Waals surface area (Å²) in [7, 11) is 1.88. The molecule has 0 aliphatic carbocycles. The standard InChI is InChI=1S/C20H23FN6O/c1-13-14(12-27(25-13)17-5-3-16(21)4-6-17)7-23-20(28)19-10-22-9-18(19)15-8-24-26(2)11-15/h3-6,8,11-12,18-19,22H,7,9-10H2,1-2H3,(H,23,28)/t18-,19+/m1/s1. The molecule has 28 heavy (non-hydrogen) atoms. The van der Waals surface area contributed by atoms with Crippen LogP contribution >= 0.6 is 0 Å². The molecule has 4 rings (SSSR count). The molecule has 7 nitrogen and oxygen atoms in total. The van der Waals surface area contributed by atoms with Gasteiger partial charge in [0.2, 0.25) is 5.91 Å². The third kappa shape index (κ3) is 3.68. The van der Waals surface area contributed by atoms with Gasteiger partial charge >= 0.3 is 0 Å². The number of hydrogen-bond acceptors (Lipinski definition) is 4. The van der Waals surface area contributed by atoms with Crippen LogP contribution in [0.15, 0.2) is 42.9 Å². The third-order valence-electron chi connectivity index (χ3n) is 5.25. The van der Waals surface area contributed by atoms with Gasteiger partial charge in [0, 0.05) is 50.6 Å². The van der Waals surface area contributed by atoms with Crippen molar-refractivity contribution >= 4 is 5.91 Å². The van der Waals surface area contributed by atoms with Crippen molar-refractivity contribution in [2.45, 2.75) is 19.4 Å². The molecule has 8 heteroatoms. The van der Waals surface area contributed by atoms with Crippen LogP contribution < -0.4 is 10.6 Å². The van der Waals surface area contributed by atoms with Crippen molar-refractivity contribution in [3.8, 4) is 5.69 Å². The molecule has 1 saturated heterocycles. The van der Waals surface area contributed by atoms with E-state index in [2.05, 4.69) is 20.8 Å². The van der Waals surface area contributed by atoms with Crippen LogP contribution in [0, 0.1) is 18.7 Å². The molecule has 2 atom stereocenters. The molecular formula is C20H23FN6O. The lowest BCUT2D eigenvalue weighted by molar-refractivity contribution is -0.125. The Hall–Kier alpha value is -3.00. The van der Waals surface area contributed by atoms with E-state index in [1.54, 1.807) is 21.5 Å². The van der Waals surface area contributed by atoms with E-state index < -0.39 is 0 Å². The molecule has 2 N–H and O–H groups in total. The normalized spacial score (nSPS) is 19.1. The molecule has 0 bridgehead atoms. The highest BCUT2D eigenvalue weighted by Crippen LogP contribution is 2.28. The van der Waals surface area contributed by atoms with Gasteiger partial charge in [0.05, 0.1) is 23.5 Å². The van der Waals surface area contributed by atoms with E-state index in [4.69, 9.17) is 0 Å². The van der Waals surface area contributed by atoms with Crippen LogP contribution in [0.4, 0.5) is 4.39 Å². The van der Waals surface area contributed by atoms with Crippen LogP contribution in [0.25, 0.3) is 5.69 Å². The van der Waals surface area contributed by atoms with E-state index in [0.717, 1.165) is 29.1 Å². The summed E-state index contributed by atoms with van der Waals surface area (Å²) in [5, 5.41) is 15.0. The van der Waals surface area contributed by atoms with Crippen molar-refractivity contribution in [2.75, 3.05) is 13.1 Å². The van der Waals surface area contributed by atoms with Gasteiger partial charge in [0.25, 0.3) is 0 Å². The fourth-order valence-corrected chi connectivity index (χ4v) is 3.64. The quantitative estimate of drug-likeness (QED) is 0.704. The van der Waals surface area contributed by atoms with Gasteiger partial charge in [0.1, 0.15) is 5.82 Å². The molecule has 1 fully saturated rings. The number of aryl methyl sites for hydroxylation is 2. The van der Waals surface area contributed by atoms with Gasteiger partial charge in [-0.2, -0.15) is 10.2 Å². The highest BCUT2D eigenvalue weighted by atomic mass is 19.1. The number of benzene rings is 1. The average Bonchev–Trinajstić information content (AvgIpc) is 3.40. The SMILES string of the molecule is Cc1nn(-c2ccc(F)cc2)cc1CNC(=O)[C@H]1CNC[C@@H]1c1cnn(C)c1. The number of rotatable bonds is 5. The Labute approximate surface area is 162 Å². The van der Waals surface area contributed by atoms with Gasteiger partial charge in [-0.05, 0) is 36.8 Å². The van der Waals surface area contributed by atoms with Gasteiger partial charge in [0.15, 0.2) is 0 Å².